The van der Waals surface area contributed by atoms with Gasteiger partial charge in [-0.3, -0.25) is 9.59 Å². The third-order valence-electron chi connectivity index (χ3n) is 9.55. The molecule has 0 radical (unpaired) electrons. The Morgan fingerprint density at radius 3 is 1.24 bits per heavy atom. The molecule has 1 unspecified atom stereocenters. The molecule has 0 aliphatic heterocycles. The van der Waals surface area contributed by atoms with Crippen LogP contribution in [-0.2, 0) is 14.3 Å². The van der Waals surface area contributed by atoms with Gasteiger partial charge in [-0.2, -0.15) is 0 Å². The van der Waals surface area contributed by atoms with Crippen LogP contribution in [0.1, 0.15) is 226 Å². The van der Waals surface area contributed by atoms with Crippen LogP contribution in [0.5, 0.6) is 0 Å². The highest BCUT2D eigenvalue weighted by atomic mass is 16.5. The van der Waals surface area contributed by atoms with Crippen molar-refractivity contribution >= 4 is 11.9 Å². The SMILES string of the molecule is CCCCC/C=C\C/C=C\C/C=C\C/C=C\CCCCCCCC(=O)OC(CCCCCCCCCC)CCCCCCCCCCC(=O)O. The number of carboxylic acid groups (broad SMARTS) is 1. The van der Waals surface area contributed by atoms with Crippen molar-refractivity contribution in [2.45, 2.75) is 232 Å². The van der Waals surface area contributed by atoms with E-state index in [1.165, 1.54) is 122 Å². The summed E-state index contributed by atoms with van der Waals surface area (Å²) in [5.41, 5.74) is 0. The molecule has 0 aliphatic rings. The quantitative estimate of drug-likeness (QED) is 0.0394. The van der Waals surface area contributed by atoms with Crippen LogP contribution in [0, 0.1) is 0 Å². The van der Waals surface area contributed by atoms with Crippen LogP contribution in [-0.4, -0.2) is 23.1 Å². The zero-order valence-electron chi connectivity index (χ0n) is 33.2. The van der Waals surface area contributed by atoms with E-state index in [-0.39, 0.29) is 12.1 Å². The van der Waals surface area contributed by atoms with E-state index < -0.39 is 5.97 Å². The van der Waals surface area contributed by atoms with Crippen molar-refractivity contribution < 1.29 is 19.4 Å². The molecule has 0 aliphatic carbocycles. The summed E-state index contributed by atoms with van der Waals surface area (Å²) in [6.07, 6.45) is 55.7. The maximum Gasteiger partial charge on any atom is 0.306 e. The van der Waals surface area contributed by atoms with E-state index in [0.717, 1.165) is 77.0 Å². The Labute approximate surface area is 311 Å². The molecule has 4 nitrogen and oxygen atoms in total. The van der Waals surface area contributed by atoms with Gasteiger partial charge in [-0.15, -0.1) is 0 Å². The molecule has 0 amide bonds. The fourth-order valence-corrected chi connectivity index (χ4v) is 6.34. The fourth-order valence-electron chi connectivity index (χ4n) is 6.34. The predicted molar refractivity (Wildman–Crippen MR) is 218 cm³/mol. The third kappa shape index (κ3) is 40.3. The normalized spacial score (nSPS) is 12.7. The summed E-state index contributed by atoms with van der Waals surface area (Å²) in [7, 11) is 0. The lowest BCUT2D eigenvalue weighted by molar-refractivity contribution is -0.150. The molecule has 4 heteroatoms. The van der Waals surface area contributed by atoms with Crippen molar-refractivity contribution in [3.8, 4) is 0 Å². The summed E-state index contributed by atoms with van der Waals surface area (Å²) >= 11 is 0. The second-order valence-electron chi connectivity index (χ2n) is 14.5. The Morgan fingerprint density at radius 2 is 0.780 bits per heavy atom. The predicted octanol–water partition coefficient (Wildman–Crippen LogP) is 15.1. The van der Waals surface area contributed by atoms with Gasteiger partial charge in [-0.1, -0.05) is 178 Å². The number of allylic oxidation sites excluding steroid dienone is 8. The zero-order chi connectivity index (χ0) is 36.4. The smallest absolute Gasteiger partial charge is 0.306 e. The molecule has 0 aromatic carbocycles. The second kappa shape index (κ2) is 41.3. The summed E-state index contributed by atoms with van der Waals surface area (Å²) < 4.78 is 6.04. The largest absolute Gasteiger partial charge is 0.481 e. The first-order valence-electron chi connectivity index (χ1n) is 21.6. The summed E-state index contributed by atoms with van der Waals surface area (Å²) in [6, 6.07) is 0. The Balaban J connectivity index is 4.01. The Bertz CT molecular complexity index is 839. The summed E-state index contributed by atoms with van der Waals surface area (Å²) in [6.45, 7) is 4.52. The number of carboxylic acids is 1. The monoisotopic (exact) mass is 699 g/mol. The molecule has 0 saturated heterocycles. The maximum atomic E-state index is 12.7. The van der Waals surface area contributed by atoms with E-state index in [1.807, 2.05) is 0 Å². The second-order valence-corrected chi connectivity index (χ2v) is 14.5. The molecule has 0 aromatic heterocycles. The highest BCUT2D eigenvalue weighted by Gasteiger charge is 2.14. The first-order valence-corrected chi connectivity index (χ1v) is 21.6. The molecule has 0 saturated carbocycles. The summed E-state index contributed by atoms with van der Waals surface area (Å²) in [5.74, 6) is -0.672. The number of hydrogen-bond donors (Lipinski definition) is 1. The van der Waals surface area contributed by atoms with Gasteiger partial charge in [0.1, 0.15) is 6.10 Å². The van der Waals surface area contributed by atoms with Gasteiger partial charge >= 0.3 is 11.9 Å². The number of rotatable bonds is 39. The van der Waals surface area contributed by atoms with E-state index in [2.05, 4.69) is 62.5 Å². The van der Waals surface area contributed by atoms with E-state index in [9.17, 15) is 9.59 Å². The third-order valence-corrected chi connectivity index (χ3v) is 9.55. The van der Waals surface area contributed by atoms with Crippen LogP contribution in [0.4, 0.5) is 0 Å². The van der Waals surface area contributed by atoms with Gasteiger partial charge in [0, 0.05) is 12.8 Å². The molecule has 0 aromatic rings. The molecular formula is C46H82O4. The maximum absolute atomic E-state index is 12.7. The molecule has 50 heavy (non-hydrogen) atoms. The minimum atomic E-state index is -0.683. The summed E-state index contributed by atoms with van der Waals surface area (Å²) in [4.78, 5) is 23.3. The lowest BCUT2D eigenvalue weighted by Crippen LogP contribution is -2.18. The molecule has 0 fully saturated rings. The average molecular weight is 699 g/mol. The number of carbonyl (C=O) groups is 2. The molecule has 0 spiro atoms. The van der Waals surface area contributed by atoms with Crippen molar-refractivity contribution in [1.82, 2.24) is 0 Å². The minimum absolute atomic E-state index is 0.0112. The molecule has 0 rings (SSSR count). The fraction of sp³-hybridized carbons (Fsp3) is 0.783. The molecule has 1 atom stereocenters. The number of unbranched alkanes of at least 4 members (excludes halogenated alkanes) is 22. The Kier molecular flexibility index (Phi) is 39.6. The van der Waals surface area contributed by atoms with E-state index >= 15 is 0 Å². The lowest BCUT2D eigenvalue weighted by Gasteiger charge is -2.18. The standard InChI is InChI=1S/C46H82O4/c1-3-5-7-9-11-13-14-15-16-17-18-19-20-21-22-23-24-25-31-35-39-43-46(49)50-44(40-36-32-28-12-10-8-6-4-2)41-37-33-29-26-27-30-34-38-42-45(47)48/h11,13,15-16,18-19,21-22,44H,3-10,12,14,17,20,23-43H2,1-2H3,(H,47,48)/b13-11-,16-15-,19-18-,22-21-. The Hall–Kier alpha value is -2.10. The lowest BCUT2D eigenvalue weighted by atomic mass is 10.0. The molecular weight excluding hydrogens is 617 g/mol. The highest BCUT2D eigenvalue weighted by Crippen LogP contribution is 2.19. The molecule has 0 heterocycles. The number of hydrogen-bond acceptors (Lipinski definition) is 3. The van der Waals surface area contributed by atoms with Crippen molar-refractivity contribution in [1.29, 1.82) is 0 Å². The first-order chi connectivity index (χ1) is 24.6. The van der Waals surface area contributed by atoms with E-state index in [4.69, 9.17) is 9.84 Å². The number of ether oxygens (including phenoxy) is 1. The van der Waals surface area contributed by atoms with Gasteiger partial charge in [0.25, 0.3) is 0 Å². The van der Waals surface area contributed by atoms with Crippen LogP contribution in [0.15, 0.2) is 48.6 Å². The summed E-state index contributed by atoms with van der Waals surface area (Å²) in [5, 5.41) is 8.75. The van der Waals surface area contributed by atoms with E-state index in [0.29, 0.717) is 12.8 Å². The molecule has 290 valence electrons. The van der Waals surface area contributed by atoms with Crippen molar-refractivity contribution in [2.75, 3.05) is 0 Å². The van der Waals surface area contributed by atoms with Crippen molar-refractivity contribution in [3.05, 3.63) is 48.6 Å². The van der Waals surface area contributed by atoms with Gasteiger partial charge in [0.2, 0.25) is 0 Å². The topological polar surface area (TPSA) is 63.6 Å². The molecule has 0 bridgehead atoms. The Morgan fingerprint density at radius 1 is 0.440 bits per heavy atom. The van der Waals surface area contributed by atoms with Gasteiger partial charge in [0.05, 0.1) is 0 Å². The van der Waals surface area contributed by atoms with Crippen LogP contribution >= 0.6 is 0 Å². The number of esters is 1. The van der Waals surface area contributed by atoms with Gasteiger partial charge in [-0.05, 0) is 83.5 Å². The number of carbonyl (C=O) groups excluding carboxylic acids is 1. The van der Waals surface area contributed by atoms with Crippen LogP contribution in [0.25, 0.3) is 0 Å². The first kappa shape index (κ1) is 47.9. The van der Waals surface area contributed by atoms with Gasteiger partial charge in [0.15, 0.2) is 0 Å². The van der Waals surface area contributed by atoms with E-state index in [1.54, 1.807) is 0 Å². The van der Waals surface area contributed by atoms with Gasteiger partial charge in [-0.25, -0.2) is 0 Å². The zero-order valence-corrected chi connectivity index (χ0v) is 33.2. The van der Waals surface area contributed by atoms with Crippen LogP contribution in [0.2, 0.25) is 0 Å². The number of aliphatic carboxylic acids is 1. The minimum Gasteiger partial charge on any atom is -0.481 e. The highest BCUT2D eigenvalue weighted by molar-refractivity contribution is 5.69. The van der Waals surface area contributed by atoms with Crippen molar-refractivity contribution in [3.63, 3.8) is 0 Å². The van der Waals surface area contributed by atoms with Gasteiger partial charge < -0.3 is 9.84 Å². The van der Waals surface area contributed by atoms with Crippen LogP contribution in [0.3, 0.4) is 0 Å². The van der Waals surface area contributed by atoms with Crippen molar-refractivity contribution in [2.24, 2.45) is 0 Å². The van der Waals surface area contributed by atoms with Crippen LogP contribution < -0.4 is 0 Å². The average Bonchev–Trinajstić information content (AvgIpc) is 3.10. The molecule has 1 N–H and O–H groups in total.